The Morgan fingerprint density at radius 3 is 2.54 bits per heavy atom. The van der Waals surface area contributed by atoms with E-state index in [0.29, 0.717) is 12.1 Å². The van der Waals surface area contributed by atoms with E-state index < -0.39 is 10.0 Å². The number of nitrogens with zero attached hydrogens (tertiary/aromatic N) is 1. The van der Waals surface area contributed by atoms with Gasteiger partial charge in [-0.2, -0.15) is 0 Å². The van der Waals surface area contributed by atoms with E-state index in [1.807, 2.05) is 37.3 Å². The standard InChI is InChI=1S/C20H21N3O2S/c1-16-8-10-18(11-9-16)26(24,25)23-14-12-17(15-23)5-4-13-22-20-7-3-2-6-19(20)21/h2-4,6-15,22H,5,21H2,1H3/b13-4+. The molecule has 0 atom stereocenters. The number of aryl methyl sites for hydroxylation is 1. The second kappa shape index (κ2) is 7.49. The zero-order chi connectivity index (χ0) is 18.6. The molecule has 0 aliphatic heterocycles. The van der Waals surface area contributed by atoms with E-state index in [4.69, 9.17) is 5.73 Å². The molecule has 3 N–H and O–H groups in total. The van der Waals surface area contributed by atoms with E-state index in [2.05, 4.69) is 5.32 Å². The van der Waals surface area contributed by atoms with E-state index in [1.165, 1.54) is 3.97 Å². The fourth-order valence-corrected chi connectivity index (χ4v) is 3.71. The van der Waals surface area contributed by atoms with E-state index in [-0.39, 0.29) is 4.90 Å². The van der Waals surface area contributed by atoms with Crippen LogP contribution < -0.4 is 11.1 Å². The van der Waals surface area contributed by atoms with Crippen molar-refractivity contribution in [3.05, 3.63) is 90.4 Å². The molecule has 134 valence electrons. The highest BCUT2D eigenvalue weighted by molar-refractivity contribution is 7.90. The van der Waals surface area contributed by atoms with Crippen LogP contribution in [0.3, 0.4) is 0 Å². The summed E-state index contributed by atoms with van der Waals surface area (Å²) in [5, 5.41) is 3.12. The summed E-state index contributed by atoms with van der Waals surface area (Å²) in [6, 6.07) is 16.1. The van der Waals surface area contributed by atoms with Crippen LogP contribution in [0.5, 0.6) is 0 Å². The number of hydrogen-bond donors (Lipinski definition) is 2. The Bertz CT molecular complexity index is 1020. The average Bonchev–Trinajstić information content (AvgIpc) is 3.10. The van der Waals surface area contributed by atoms with Crippen molar-refractivity contribution >= 4 is 21.4 Å². The molecule has 0 amide bonds. The summed E-state index contributed by atoms with van der Waals surface area (Å²) < 4.78 is 26.5. The third kappa shape index (κ3) is 3.97. The van der Waals surface area contributed by atoms with E-state index in [9.17, 15) is 8.42 Å². The monoisotopic (exact) mass is 367 g/mol. The van der Waals surface area contributed by atoms with Crippen LogP contribution in [0, 0.1) is 6.92 Å². The Balaban J connectivity index is 1.67. The van der Waals surface area contributed by atoms with Crippen molar-refractivity contribution in [2.75, 3.05) is 11.1 Å². The van der Waals surface area contributed by atoms with Crippen LogP contribution in [0.2, 0.25) is 0 Å². The van der Waals surface area contributed by atoms with Crippen molar-refractivity contribution in [1.82, 2.24) is 3.97 Å². The van der Waals surface area contributed by atoms with E-state index in [1.54, 1.807) is 48.9 Å². The highest BCUT2D eigenvalue weighted by atomic mass is 32.2. The van der Waals surface area contributed by atoms with Crippen LogP contribution in [0.1, 0.15) is 11.1 Å². The quantitative estimate of drug-likeness (QED) is 0.650. The number of hydrogen-bond acceptors (Lipinski definition) is 4. The molecule has 0 fully saturated rings. The summed E-state index contributed by atoms with van der Waals surface area (Å²) in [5.74, 6) is 0. The molecular weight excluding hydrogens is 346 g/mol. The molecule has 5 nitrogen and oxygen atoms in total. The molecule has 0 spiro atoms. The summed E-state index contributed by atoms with van der Waals surface area (Å²) in [5.41, 5.74) is 9.30. The second-order valence-electron chi connectivity index (χ2n) is 6.01. The molecule has 0 radical (unpaired) electrons. The molecule has 1 heterocycles. The Kier molecular flexibility index (Phi) is 5.14. The van der Waals surface area contributed by atoms with Crippen molar-refractivity contribution in [3.8, 4) is 0 Å². The van der Waals surface area contributed by atoms with Gasteiger partial charge in [0, 0.05) is 12.4 Å². The van der Waals surface area contributed by atoms with Crippen LogP contribution in [-0.2, 0) is 16.4 Å². The van der Waals surface area contributed by atoms with Crippen LogP contribution in [0.25, 0.3) is 0 Å². The smallest absolute Gasteiger partial charge is 0.267 e. The number of nitrogens with two attached hydrogens (primary N) is 1. The van der Waals surface area contributed by atoms with Gasteiger partial charge >= 0.3 is 0 Å². The van der Waals surface area contributed by atoms with Crippen LogP contribution in [-0.4, -0.2) is 12.4 Å². The Morgan fingerprint density at radius 2 is 1.81 bits per heavy atom. The van der Waals surface area contributed by atoms with Crippen molar-refractivity contribution in [3.63, 3.8) is 0 Å². The Labute approximate surface area is 153 Å². The molecule has 3 aromatic rings. The average molecular weight is 367 g/mol. The van der Waals surface area contributed by atoms with Gasteiger partial charge in [0.1, 0.15) is 0 Å². The summed E-state index contributed by atoms with van der Waals surface area (Å²) in [6.45, 7) is 1.92. The summed E-state index contributed by atoms with van der Waals surface area (Å²) in [6.07, 6.45) is 7.54. The minimum atomic E-state index is -3.55. The molecular formula is C20H21N3O2S. The Hall–Kier alpha value is -2.99. The maximum absolute atomic E-state index is 12.6. The third-order valence-corrected chi connectivity index (χ3v) is 5.65. The summed E-state index contributed by atoms with van der Waals surface area (Å²) in [7, 11) is -3.55. The molecule has 0 unspecified atom stereocenters. The summed E-state index contributed by atoms with van der Waals surface area (Å²) in [4.78, 5) is 0.280. The zero-order valence-corrected chi connectivity index (χ0v) is 15.3. The van der Waals surface area contributed by atoms with E-state index in [0.717, 1.165) is 16.8 Å². The molecule has 3 rings (SSSR count). The maximum atomic E-state index is 12.6. The van der Waals surface area contributed by atoms with Crippen molar-refractivity contribution in [2.45, 2.75) is 18.2 Å². The first-order valence-electron chi connectivity index (χ1n) is 8.22. The predicted octanol–water partition coefficient (Wildman–Crippen LogP) is 3.78. The first kappa shape index (κ1) is 17.8. The van der Waals surface area contributed by atoms with Gasteiger partial charge in [-0.1, -0.05) is 35.9 Å². The van der Waals surface area contributed by atoms with Crippen LogP contribution in [0.15, 0.2) is 84.2 Å². The highest BCUT2D eigenvalue weighted by Gasteiger charge is 2.16. The van der Waals surface area contributed by atoms with Gasteiger partial charge in [0.2, 0.25) is 0 Å². The molecule has 6 heteroatoms. The van der Waals surface area contributed by atoms with Gasteiger partial charge in [0.05, 0.1) is 16.3 Å². The fraction of sp³-hybridized carbons (Fsp3) is 0.100. The lowest BCUT2D eigenvalue weighted by molar-refractivity contribution is 0.587. The number of benzene rings is 2. The summed E-state index contributed by atoms with van der Waals surface area (Å²) >= 11 is 0. The lowest BCUT2D eigenvalue weighted by Crippen LogP contribution is -2.10. The van der Waals surface area contributed by atoms with Crippen LogP contribution >= 0.6 is 0 Å². The van der Waals surface area contributed by atoms with Gasteiger partial charge in [-0.25, -0.2) is 12.4 Å². The number of anilines is 2. The molecule has 26 heavy (non-hydrogen) atoms. The number of aromatic nitrogens is 1. The lowest BCUT2D eigenvalue weighted by atomic mass is 10.2. The number of rotatable bonds is 6. The van der Waals surface area contributed by atoms with E-state index >= 15 is 0 Å². The van der Waals surface area contributed by atoms with Gasteiger partial charge < -0.3 is 11.1 Å². The minimum Gasteiger partial charge on any atom is -0.397 e. The first-order valence-corrected chi connectivity index (χ1v) is 9.66. The predicted molar refractivity (Wildman–Crippen MR) is 106 cm³/mol. The molecule has 0 bridgehead atoms. The Morgan fingerprint density at radius 1 is 1.08 bits per heavy atom. The largest absolute Gasteiger partial charge is 0.397 e. The maximum Gasteiger partial charge on any atom is 0.267 e. The highest BCUT2D eigenvalue weighted by Crippen LogP contribution is 2.18. The fourth-order valence-electron chi connectivity index (χ4n) is 2.49. The van der Waals surface area contributed by atoms with Gasteiger partial charge in [0.15, 0.2) is 0 Å². The second-order valence-corrected chi connectivity index (χ2v) is 7.85. The molecule has 0 saturated carbocycles. The normalized spacial score (nSPS) is 11.7. The molecule has 1 aromatic heterocycles. The minimum absolute atomic E-state index is 0.280. The number of nitrogen functional groups attached to an aromatic ring is 1. The van der Waals surface area contributed by atoms with Crippen molar-refractivity contribution < 1.29 is 8.42 Å². The van der Waals surface area contributed by atoms with Gasteiger partial charge in [0.25, 0.3) is 10.0 Å². The first-order chi connectivity index (χ1) is 12.5. The molecule has 2 aromatic carbocycles. The SMILES string of the molecule is Cc1ccc(S(=O)(=O)n2ccc(C/C=C/Nc3ccccc3N)c2)cc1. The lowest BCUT2D eigenvalue weighted by Gasteiger charge is -2.05. The number of para-hydroxylation sites is 2. The van der Waals surface area contributed by atoms with Crippen molar-refractivity contribution in [2.24, 2.45) is 0 Å². The zero-order valence-electron chi connectivity index (χ0n) is 14.5. The van der Waals surface area contributed by atoms with Gasteiger partial charge in [-0.05, 0) is 55.4 Å². The van der Waals surface area contributed by atoms with Crippen molar-refractivity contribution in [1.29, 1.82) is 0 Å². The van der Waals surface area contributed by atoms with Crippen LogP contribution in [0.4, 0.5) is 11.4 Å². The molecule has 0 aliphatic rings. The molecule has 0 saturated heterocycles. The molecule has 0 aliphatic carbocycles. The topological polar surface area (TPSA) is 77.1 Å². The third-order valence-electron chi connectivity index (χ3n) is 4.00. The van der Waals surface area contributed by atoms with Gasteiger partial charge in [-0.15, -0.1) is 0 Å². The van der Waals surface area contributed by atoms with Gasteiger partial charge in [-0.3, -0.25) is 0 Å². The number of nitrogens with one attached hydrogen (secondary N) is 1. The number of allylic oxidation sites excluding steroid dienone is 1.